The first-order valence-corrected chi connectivity index (χ1v) is 10.4. The number of rotatable bonds is 10. The number of carbonyl (C=O) groups excluding carboxylic acids is 1. The van der Waals surface area contributed by atoms with Gasteiger partial charge in [0.1, 0.15) is 11.5 Å². The van der Waals surface area contributed by atoms with Crippen LogP contribution in [0.2, 0.25) is 0 Å². The fourth-order valence-electron chi connectivity index (χ4n) is 3.90. The molecular weight excluding hydrogens is 380 g/mol. The van der Waals surface area contributed by atoms with Gasteiger partial charge in [-0.1, -0.05) is 12.1 Å². The maximum absolute atomic E-state index is 11.3. The first-order chi connectivity index (χ1) is 14.5. The zero-order chi connectivity index (χ0) is 21.5. The Morgan fingerprint density at radius 1 is 1.10 bits per heavy atom. The highest BCUT2D eigenvalue weighted by Gasteiger charge is 2.17. The second kappa shape index (κ2) is 10.3. The first-order valence-electron chi connectivity index (χ1n) is 10.4. The molecule has 6 heteroatoms. The lowest BCUT2D eigenvalue weighted by Gasteiger charge is -2.21. The molecule has 1 saturated heterocycles. The lowest BCUT2D eigenvalue weighted by atomic mass is 9.95. The summed E-state index contributed by atoms with van der Waals surface area (Å²) in [7, 11) is 1.62. The van der Waals surface area contributed by atoms with Crippen molar-refractivity contribution in [2.45, 2.75) is 39.2 Å². The Morgan fingerprint density at radius 2 is 1.87 bits per heavy atom. The predicted molar refractivity (Wildman–Crippen MR) is 118 cm³/mol. The summed E-state index contributed by atoms with van der Waals surface area (Å²) in [4.78, 5) is 24.8. The maximum Gasteiger partial charge on any atom is 0.307 e. The lowest BCUT2D eigenvalue weighted by Crippen LogP contribution is -2.20. The summed E-state index contributed by atoms with van der Waals surface area (Å²) in [6.45, 7) is 4.97. The number of methoxy groups -OCH3 is 1. The molecule has 30 heavy (non-hydrogen) atoms. The van der Waals surface area contributed by atoms with E-state index in [1.165, 1.54) is 18.5 Å². The lowest BCUT2D eigenvalue weighted by molar-refractivity contribution is -0.136. The van der Waals surface area contributed by atoms with Crippen molar-refractivity contribution in [2.24, 2.45) is 0 Å². The number of nitrogens with one attached hydrogen (secondary N) is 1. The highest BCUT2D eigenvalue weighted by Crippen LogP contribution is 2.36. The van der Waals surface area contributed by atoms with E-state index in [0.29, 0.717) is 25.3 Å². The minimum Gasteiger partial charge on any atom is -0.496 e. The molecule has 1 aliphatic heterocycles. The van der Waals surface area contributed by atoms with Crippen LogP contribution in [-0.4, -0.2) is 43.6 Å². The van der Waals surface area contributed by atoms with E-state index < -0.39 is 5.97 Å². The fourth-order valence-corrected chi connectivity index (χ4v) is 3.90. The van der Waals surface area contributed by atoms with Gasteiger partial charge >= 0.3 is 5.97 Å². The highest BCUT2D eigenvalue weighted by molar-refractivity contribution is 5.78. The number of ether oxygens (including phenoxy) is 1. The van der Waals surface area contributed by atoms with Gasteiger partial charge in [0.15, 0.2) is 0 Å². The van der Waals surface area contributed by atoms with Gasteiger partial charge in [-0.15, -0.1) is 0 Å². The predicted octanol–water partition coefficient (Wildman–Crippen LogP) is 3.66. The molecule has 0 bridgehead atoms. The minimum absolute atomic E-state index is 0.0327. The summed E-state index contributed by atoms with van der Waals surface area (Å²) < 4.78 is 5.58. The smallest absolute Gasteiger partial charge is 0.307 e. The zero-order valence-corrected chi connectivity index (χ0v) is 17.7. The monoisotopic (exact) mass is 410 g/mol. The third-order valence-corrected chi connectivity index (χ3v) is 5.44. The quantitative estimate of drug-likeness (QED) is 0.582. The third kappa shape index (κ3) is 5.60. The SMILES string of the molecule is COc1ccc(CC(=O)O)cc1-c1ccc(N2CCCC2)cc1CNCCC(C)=O. The van der Waals surface area contributed by atoms with E-state index in [-0.39, 0.29) is 12.2 Å². The van der Waals surface area contributed by atoms with Crippen LogP contribution in [0.25, 0.3) is 11.1 Å². The Morgan fingerprint density at radius 3 is 2.53 bits per heavy atom. The van der Waals surface area contributed by atoms with Gasteiger partial charge in [-0.25, -0.2) is 0 Å². The zero-order valence-electron chi connectivity index (χ0n) is 17.7. The second-order valence-corrected chi connectivity index (χ2v) is 7.77. The molecule has 0 spiro atoms. The Kier molecular flexibility index (Phi) is 7.46. The number of nitrogens with zero attached hydrogens (tertiary/aromatic N) is 1. The van der Waals surface area contributed by atoms with Crippen LogP contribution >= 0.6 is 0 Å². The van der Waals surface area contributed by atoms with Crippen molar-refractivity contribution >= 4 is 17.4 Å². The number of hydrogen-bond donors (Lipinski definition) is 2. The van der Waals surface area contributed by atoms with Crippen molar-refractivity contribution in [3.05, 3.63) is 47.5 Å². The number of ketones is 1. The fraction of sp³-hybridized carbons (Fsp3) is 0.417. The molecule has 3 rings (SSSR count). The minimum atomic E-state index is -0.860. The van der Waals surface area contributed by atoms with Crippen molar-refractivity contribution in [3.8, 4) is 16.9 Å². The molecule has 0 saturated carbocycles. The number of carbonyl (C=O) groups is 2. The van der Waals surface area contributed by atoms with E-state index in [1.807, 2.05) is 12.1 Å². The summed E-state index contributed by atoms with van der Waals surface area (Å²) in [5.41, 5.74) is 4.93. The molecule has 2 aromatic rings. The molecule has 2 aromatic carbocycles. The Hall–Kier alpha value is -2.86. The standard InChI is InChI=1S/C24H30N2O4/c1-17(27)9-10-25-16-19-15-20(26-11-3-4-12-26)6-7-21(19)22-13-18(14-24(28)29)5-8-23(22)30-2/h5-8,13,15,25H,3-4,9-12,14,16H2,1-2H3,(H,28,29). The molecule has 0 unspecified atom stereocenters. The average Bonchev–Trinajstić information content (AvgIpc) is 3.25. The number of hydrogen-bond acceptors (Lipinski definition) is 5. The Balaban J connectivity index is 1.97. The number of Topliss-reactive ketones (excluding diaryl/α,β-unsaturated/α-hetero) is 1. The number of aliphatic carboxylic acids is 1. The topological polar surface area (TPSA) is 78.9 Å². The van der Waals surface area contributed by atoms with Gasteiger partial charge in [-0.05, 0) is 60.7 Å². The van der Waals surface area contributed by atoms with Gasteiger partial charge in [0, 0.05) is 43.9 Å². The van der Waals surface area contributed by atoms with E-state index in [9.17, 15) is 14.7 Å². The van der Waals surface area contributed by atoms with E-state index >= 15 is 0 Å². The van der Waals surface area contributed by atoms with Crippen molar-refractivity contribution in [2.75, 3.05) is 31.6 Å². The van der Waals surface area contributed by atoms with Crippen LogP contribution in [0, 0.1) is 0 Å². The number of benzene rings is 2. The molecule has 6 nitrogen and oxygen atoms in total. The summed E-state index contributed by atoms with van der Waals surface area (Å²) in [6, 6.07) is 11.9. The first kappa shape index (κ1) is 21.8. The van der Waals surface area contributed by atoms with Gasteiger partial charge in [0.05, 0.1) is 13.5 Å². The van der Waals surface area contributed by atoms with Crippen LogP contribution in [0.4, 0.5) is 5.69 Å². The summed E-state index contributed by atoms with van der Waals surface area (Å²) in [5.74, 6) is 0.0150. The van der Waals surface area contributed by atoms with Gasteiger partial charge in [0.2, 0.25) is 0 Å². The third-order valence-electron chi connectivity index (χ3n) is 5.44. The Bertz CT molecular complexity index is 904. The van der Waals surface area contributed by atoms with Gasteiger partial charge in [0.25, 0.3) is 0 Å². The van der Waals surface area contributed by atoms with E-state index in [4.69, 9.17) is 4.74 Å². The Labute approximate surface area is 177 Å². The molecule has 0 aromatic heterocycles. The molecular formula is C24H30N2O4. The molecule has 0 amide bonds. The van der Waals surface area contributed by atoms with Crippen LogP contribution < -0.4 is 15.0 Å². The van der Waals surface area contributed by atoms with Crippen molar-refractivity contribution in [1.29, 1.82) is 0 Å². The van der Waals surface area contributed by atoms with Crippen molar-refractivity contribution < 1.29 is 19.4 Å². The molecule has 1 heterocycles. The van der Waals surface area contributed by atoms with E-state index in [1.54, 1.807) is 20.1 Å². The molecule has 2 N–H and O–H groups in total. The number of carboxylic acids is 1. The van der Waals surface area contributed by atoms with Gasteiger partial charge in [-0.2, -0.15) is 0 Å². The normalized spacial score (nSPS) is 13.5. The van der Waals surface area contributed by atoms with Gasteiger partial charge < -0.3 is 20.1 Å². The number of anilines is 1. The van der Waals surface area contributed by atoms with Gasteiger partial charge in [-0.3, -0.25) is 9.59 Å². The maximum atomic E-state index is 11.3. The van der Waals surface area contributed by atoms with Crippen LogP contribution in [0.1, 0.15) is 37.3 Å². The van der Waals surface area contributed by atoms with Crippen LogP contribution in [0.3, 0.4) is 0 Å². The van der Waals surface area contributed by atoms with E-state index in [0.717, 1.165) is 35.3 Å². The average molecular weight is 411 g/mol. The van der Waals surface area contributed by atoms with Crippen molar-refractivity contribution in [1.82, 2.24) is 5.32 Å². The van der Waals surface area contributed by atoms with E-state index in [2.05, 4.69) is 28.4 Å². The molecule has 1 fully saturated rings. The molecule has 160 valence electrons. The highest BCUT2D eigenvalue weighted by atomic mass is 16.5. The summed E-state index contributed by atoms with van der Waals surface area (Å²) in [6.07, 6.45) is 2.88. The number of carboxylic acid groups (broad SMARTS) is 1. The molecule has 0 radical (unpaired) electrons. The van der Waals surface area contributed by atoms with Crippen LogP contribution in [0.15, 0.2) is 36.4 Å². The van der Waals surface area contributed by atoms with Crippen LogP contribution in [-0.2, 0) is 22.6 Å². The summed E-state index contributed by atoms with van der Waals surface area (Å²) in [5, 5.41) is 12.6. The second-order valence-electron chi connectivity index (χ2n) is 7.77. The largest absolute Gasteiger partial charge is 0.496 e. The van der Waals surface area contributed by atoms with Crippen LogP contribution in [0.5, 0.6) is 5.75 Å². The van der Waals surface area contributed by atoms with Crippen molar-refractivity contribution in [3.63, 3.8) is 0 Å². The molecule has 1 aliphatic rings. The summed E-state index contributed by atoms with van der Waals surface area (Å²) >= 11 is 0. The molecule has 0 aliphatic carbocycles. The molecule has 0 atom stereocenters.